The predicted molar refractivity (Wildman–Crippen MR) is 98.1 cm³/mol. The zero-order chi connectivity index (χ0) is 18.8. The number of hydrogen-bond acceptors (Lipinski definition) is 5. The van der Waals surface area contributed by atoms with Crippen LogP contribution in [0, 0.1) is 10.1 Å². The Labute approximate surface area is 160 Å². The molecular formula is C18H16Cl2N2O4. The Kier molecular flexibility index (Phi) is 5.46. The highest BCUT2D eigenvalue weighted by Crippen LogP contribution is 2.41. The van der Waals surface area contributed by atoms with Gasteiger partial charge < -0.3 is 4.74 Å². The summed E-state index contributed by atoms with van der Waals surface area (Å²) in [6.07, 6.45) is 0. The highest BCUT2D eigenvalue weighted by molar-refractivity contribution is 6.30. The third kappa shape index (κ3) is 3.53. The lowest BCUT2D eigenvalue weighted by atomic mass is 9.85. The molecule has 0 unspecified atom stereocenters. The van der Waals surface area contributed by atoms with Gasteiger partial charge in [0.2, 0.25) is 6.04 Å². The number of nitro groups is 1. The highest BCUT2D eigenvalue weighted by Gasteiger charge is 2.54. The number of methoxy groups -OCH3 is 1. The molecule has 0 aliphatic carbocycles. The van der Waals surface area contributed by atoms with Crippen molar-refractivity contribution < 1.29 is 14.5 Å². The Morgan fingerprint density at radius 1 is 1.04 bits per heavy atom. The first-order valence-corrected chi connectivity index (χ1v) is 8.66. The van der Waals surface area contributed by atoms with E-state index in [0.717, 1.165) is 0 Å². The molecule has 1 aliphatic heterocycles. The molecule has 0 spiro atoms. The molecule has 2 aromatic carbocycles. The summed E-state index contributed by atoms with van der Waals surface area (Å²) in [7, 11) is 1.26. The quantitative estimate of drug-likeness (QED) is 0.486. The van der Waals surface area contributed by atoms with Crippen LogP contribution < -0.4 is 5.32 Å². The van der Waals surface area contributed by atoms with Crippen molar-refractivity contribution >= 4 is 29.2 Å². The van der Waals surface area contributed by atoms with Crippen molar-refractivity contribution in [1.29, 1.82) is 0 Å². The zero-order valence-electron chi connectivity index (χ0n) is 13.8. The van der Waals surface area contributed by atoms with E-state index in [-0.39, 0.29) is 4.92 Å². The van der Waals surface area contributed by atoms with E-state index in [2.05, 4.69) is 5.32 Å². The molecule has 0 aromatic heterocycles. The first kappa shape index (κ1) is 18.6. The normalized spacial score (nSPS) is 25.0. The van der Waals surface area contributed by atoms with Gasteiger partial charge in [0.15, 0.2) is 0 Å². The number of halogens is 2. The van der Waals surface area contributed by atoms with E-state index in [4.69, 9.17) is 27.9 Å². The van der Waals surface area contributed by atoms with Crippen LogP contribution in [0.3, 0.4) is 0 Å². The smallest absolute Gasteiger partial charge is 0.323 e. The first-order valence-electron chi connectivity index (χ1n) is 7.90. The molecule has 1 fully saturated rings. The number of carbonyl (C=O) groups is 1. The van der Waals surface area contributed by atoms with Gasteiger partial charge in [0.1, 0.15) is 12.1 Å². The largest absolute Gasteiger partial charge is 0.468 e. The Morgan fingerprint density at radius 3 is 2.00 bits per heavy atom. The second-order valence-corrected chi connectivity index (χ2v) is 6.92. The summed E-state index contributed by atoms with van der Waals surface area (Å²) >= 11 is 11.8. The summed E-state index contributed by atoms with van der Waals surface area (Å²) in [4.78, 5) is 23.9. The Bertz CT molecular complexity index is 811. The Hall–Kier alpha value is -2.15. The molecular weight excluding hydrogens is 379 g/mol. The van der Waals surface area contributed by atoms with Crippen molar-refractivity contribution in [3.8, 4) is 0 Å². The molecule has 1 aliphatic rings. The SMILES string of the molecule is COC(=O)[C@@H]1N[C@@H](c2ccc(Cl)cc2)[C@@H]([N+](=O)[O-])[C@@H]1c1ccc(Cl)cc1. The fourth-order valence-electron chi connectivity index (χ4n) is 3.43. The highest BCUT2D eigenvalue weighted by atomic mass is 35.5. The topological polar surface area (TPSA) is 81.5 Å². The van der Waals surface area contributed by atoms with E-state index < -0.39 is 30.0 Å². The Balaban J connectivity index is 2.07. The molecule has 136 valence electrons. The molecule has 26 heavy (non-hydrogen) atoms. The summed E-state index contributed by atoms with van der Waals surface area (Å²) in [6.45, 7) is 0. The first-order chi connectivity index (χ1) is 12.4. The summed E-state index contributed by atoms with van der Waals surface area (Å²) in [5.41, 5.74) is 1.33. The molecule has 6 nitrogen and oxygen atoms in total. The molecule has 3 rings (SSSR count). The third-order valence-electron chi connectivity index (χ3n) is 4.61. The predicted octanol–water partition coefficient (Wildman–Crippen LogP) is 3.61. The summed E-state index contributed by atoms with van der Waals surface area (Å²) in [5, 5.41) is 16.0. The van der Waals surface area contributed by atoms with Gasteiger partial charge in [-0.3, -0.25) is 20.2 Å². The van der Waals surface area contributed by atoms with Gasteiger partial charge in [0.25, 0.3) is 0 Å². The van der Waals surface area contributed by atoms with E-state index in [9.17, 15) is 14.9 Å². The van der Waals surface area contributed by atoms with Crippen LogP contribution in [0.4, 0.5) is 0 Å². The van der Waals surface area contributed by atoms with Gasteiger partial charge in [-0.15, -0.1) is 0 Å². The van der Waals surface area contributed by atoms with Gasteiger partial charge in [-0.05, 0) is 35.4 Å². The van der Waals surface area contributed by atoms with E-state index >= 15 is 0 Å². The van der Waals surface area contributed by atoms with Crippen LogP contribution in [-0.2, 0) is 9.53 Å². The van der Waals surface area contributed by atoms with Crippen molar-refractivity contribution in [1.82, 2.24) is 5.32 Å². The molecule has 1 N–H and O–H groups in total. The average molecular weight is 395 g/mol. The third-order valence-corrected chi connectivity index (χ3v) is 5.11. The van der Waals surface area contributed by atoms with Crippen LogP contribution in [0.1, 0.15) is 23.1 Å². The maximum atomic E-state index is 12.3. The van der Waals surface area contributed by atoms with Gasteiger partial charge in [0.05, 0.1) is 13.0 Å². The second kappa shape index (κ2) is 7.61. The lowest BCUT2D eigenvalue weighted by molar-refractivity contribution is -0.527. The van der Waals surface area contributed by atoms with Gasteiger partial charge >= 0.3 is 5.97 Å². The number of rotatable bonds is 4. The van der Waals surface area contributed by atoms with Crippen molar-refractivity contribution in [3.05, 3.63) is 79.8 Å². The average Bonchev–Trinajstić information content (AvgIpc) is 3.03. The number of esters is 1. The lowest BCUT2D eigenvalue weighted by Gasteiger charge is -2.19. The molecule has 1 heterocycles. The molecule has 0 radical (unpaired) electrons. The molecule has 0 amide bonds. The van der Waals surface area contributed by atoms with Crippen LogP contribution >= 0.6 is 23.2 Å². The lowest BCUT2D eigenvalue weighted by Crippen LogP contribution is -2.37. The summed E-state index contributed by atoms with van der Waals surface area (Å²) in [6, 6.07) is 10.9. The van der Waals surface area contributed by atoms with Crippen molar-refractivity contribution in [2.24, 2.45) is 0 Å². The number of hydrogen-bond donors (Lipinski definition) is 1. The van der Waals surface area contributed by atoms with Crippen molar-refractivity contribution in [3.63, 3.8) is 0 Å². The molecule has 1 saturated heterocycles. The van der Waals surface area contributed by atoms with Crippen LogP contribution in [0.5, 0.6) is 0 Å². The minimum Gasteiger partial charge on any atom is -0.468 e. The monoisotopic (exact) mass is 394 g/mol. The minimum absolute atomic E-state index is 0.353. The molecule has 4 atom stereocenters. The van der Waals surface area contributed by atoms with Gasteiger partial charge in [-0.25, -0.2) is 0 Å². The fraction of sp³-hybridized carbons (Fsp3) is 0.278. The second-order valence-electron chi connectivity index (χ2n) is 6.05. The van der Waals surface area contributed by atoms with E-state index in [1.165, 1.54) is 7.11 Å². The number of ether oxygens (including phenoxy) is 1. The van der Waals surface area contributed by atoms with Crippen LogP contribution in [0.15, 0.2) is 48.5 Å². The Morgan fingerprint density at radius 2 is 1.54 bits per heavy atom. The molecule has 0 saturated carbocycles. The number of nitrogens with one attached hydrogen (secondary N) is 1. The van der Waals surface area contributed by atoms with Crippen LogP contribution in [0.2, 0.25) is 10.0 Å². The standard InChI is InChI=1S/C18H16Cl2N2O4/c1-26-18(23)16-14(10-2-6-12(19)7-3-10)17(22(24)25)15(21-16)11-4-8-13(20)9-5-11/h2-9,14-17,21H,1H3/t14-,15+,16-,17+/m1/s1. The number of nitrogens with zero attached hydrogens (tertiary/aromatic N) is 1. The van der Waals surface area contributed by atoms with E-state index in [1.807, 2.05) is 0 Å². The van der Waals surface area contributed by atoms with Crippen molar-refractivity contribution in [2.75, 3.05) is 7.11 Å². The van der Waals surface area contributed by atoms with Gasteiger partial charge in [-0.1, -0.05) is 47.5 Å². The van der Waals surface area contributed by atoms with E-state index in [0.29, 0.717) is 21.2 Å². The van der Waals surface area contributed by atoms with E-state index in [1.54, 1.807) is 48.5 Å². The number of benzene rings is 2. The summed E-state index contributed by atoms with van der Waals surface area (Å²) in [5.74, 6) is -1.25. The molecule has 0 bridgehead atoms. The summed E-state index contributed by atoms with van der Waals surface area (Å²) < 4.78 is 4.87. The van der Waals surface area contributed by atoms with Crippen molar-refractivity contribution in [2.45, 2.75) is 24.0 Å². The molecule has 8 heteroatoms. The van der Waals surface area contributed by atoms with Crippen LogP contribution in [-0.4, -0.2) is 30.1 Å². The van der Waals surface area contributed by atoms with Gasteiger partial charge in [-0.2, -0.15) is 0 Å². The molecule has 2 aromatic rings. The maximum absolute atomic E-state index is 12.3. The number of carbonyl (C=O) groups excluding carboxylic acids is 1. The van der Waals surface area contributed by atoms with Crippen LogP contribution in [0.25, 0.3) is 0 Å². The maximum Gasteiger partial charge on any atom is 0.323 e. The zero-order valence-corrected chi connectivity index (χ0v) is 15.3. The van der Waals surface area contributed by atoms with Gasteiger partial charge in [0, 0.05) is 15.0 Å². The minimum atomic E-state index is -1.05. The fourth-order valence-corrected chi connectivity index (χ4v) is 3.68.